The molecule has 1 fully saturated rings. The van der Waals surface area contributed by atoms with Gasteiger partial charge in [-0.1, -0.05) is 0 Å². The van der Waals surface area contributed by atoms with Crippen molar-refractivity contribution in [1.82, 2.24) is 5.32 Å². The maximum absolute atomic E-state index is 10.7. The highest BCUT2D eigenvalue weighted by atomic mass is 16.6. The Labute approximate surface area is 98.6 Å². The molecule has 0 unspecified atom stereocenters. The van der Waals surface area contributed by atoms with Crippen molar-refractivity contribution in [3.05, 3.63) is 33.9 Å². The van der Waals surface area contributed by atoms with Gasteiger partial charge < -0.3 is 10.2 Å². The van der Waals surface area contributed by atoms with Gasteiger partial charge in [0.15, 0.2) is 0 Å². The third kappa shape index (κ3) is 2.05. The number of nitriles is 1. The second-order valence-corrected chi connectivity index (χ2v) is 3.99. The number of benzene rings is 1. The number of anilines is 1. The molecule has 0 aromatic heterocycles. The highest BCUT2D eigenvalue weighted by molar-refractivity contribution is 5.60. The van der Waals surface area contributed by atoms with Gasteiger partial charge in [0.05, 0.1) is 11.0 Å². The van der Waals surface area contributed by atoms with Crippen LogP contribution in [0.25, 0.3) is 0 Å². The van der Waals surface area contributed by atoms with Gasteiger partial charge in [0.2, 0.25) is 0 Å². The number of nitrogens with one attached hydrogen (secondary N) is 1. The molecular weight excluding hydrogens is 220 g/mol. The largest absolute Gasteiger partial charge is 0.369 e. The second-order valence-electron chi connectivity index (χ2n) is 3.99. The van der Waals surface area contributed by atoms with Crippen molar-refractivity contribution in [2.45, 2.75) is 6.04 Å². The van der Waals surface area contributed by atoms with Crippen molar-refractivity contribution in [3.63, 3.8) is 0 Å². The number of nitro benzene ring substituents is 1. The topological polar surface area (TPSA) is 82.2 Å². The molecule has 17 heavy (non-hydrogen) atoms. The molecule has 1 aromatic carbocycles. The van der Waals surface area contributed by atoms with E-state index in [9.17, 15) is 10.1 Å². The van der Waals surface area contributed by atoms with E-state index >= 15 is 0 Å². The molecule has 1 heterocycles. The lowest BCUT2D eigenvalue weighted by molar-refractivity contribution is -0.385. The van der Waals surface area contributed by atoms with Crippen LogP contribution in [0.4, 0.5) is 11.4 Å². The van der Waals surface area contributed by atoms with Crippen LogP contribution in [0.1, 0.15) is 5.56 Å². The minimum atomic E-state index is -0.534. The summed E-state index contributed by atoms with van der Waals surface area (Å²) in [5.41, 5.74) is 0.793. The Balaban J connectivity index is 2.31. The van der Waals surface area contributed by atoms with Gasteiger partial charge in [-0.25, -0.2) is 0 Å². The van der Waals surface area contributed by atoms with E-state index in [-0.39, 0.29) is 11.3 Å². The Morgan fingerprint density at radius 3 is 2.76 bits per heavy atom. The molecule has 0 atom stereocenters. The van der Waals surface area contributed by atoms with Gasteiger partial charge in [-0.15, -0.1) is 0 Å². The van der Waals surface area contributed by atoms with E-state index < -0.39 is 4.92 Å². The highest BCUT2D eigenvalue weighted by Crippen LogP contribution is 2.25. The smallest absolute Gasteiger partial charge is 0.287 e. The third-order valence-corrected chi connectivity index (χ3v) is 3.01. The summed E-state index contributed by atoms with van der Waals surface area (Å²) in [5, 5.41) is 22.7. The molecule has 1 aliphatic rings. The lowest BCUT2D eigenvalue weighted by atomic mass is 10.1. The van der Waals surface area contributed by atoms with Crippen molar-refractivity contribution in [2.24, 2.45) is 0 Å². The third-order valence-electron chi connectivity index (χ3n) is 3.01. The van der Waals surface area contributed by atoms with Crippen LogP contribution in [0, 0.1) is 21.4 Å². The summed E-state index contributed by atoms with van der Waals surface area (Å²) in [5.74, 6) is 0. The van der Waals surface area contributed by atoms with E-state index in [1.807, 2.05) is 18.0 Å². The number of rotatable bonds is 3. The number of likely N-dealkylation sites (N-methyl/N-ethyl adjacent to an activating group) is 1. The van der Waals surface area contributed by atoms with E-state index in [0.717, 1.165) is 18.8 Å². The summed E-state index contributed by atoms with van der Waals surface area (Å²) in [6.07, 6.45) is 0. The molecule has 1 aromatic rings. The molecule has 2 rings (SSSR count). The molecule has 88 valence electrons. The molecule has 0 radical (unpaired) electrons. The molecule has 1 N–H and O–H groups in total. The van der Waals surface area contributed by atoms with E-state index in [2.05, 4.69) is 5.32 Å². The van der Waals surface area contributed by atoms with Crippen LogP contribution in [-0.2, 0) is 0 Å². The van der Waals surface area contributed by atoms with Crippen molar-refractivity contribution >= 4 is 11.4 Å². The van der Waals surface area contributed by atoms with Crippen molar-refractivity contribution < 1.29 is 4.92 Å². The van der Waals surface area contributed by atoms with Gasteiger partial charge in [0, 0.05) is 31.9 Å². The zero-order chi connectivity index (χ0) is 12.4. The summed E-state index contributed by atoms with van der Waals surface area (Å²) in [6.45, 7) is 1.80. The van der Waals surface area contributed by atoms with Gasteiger partial charge in [-0.3, -0.25) is 10.1 Å². The highest BCUT2D eigenvalue weighted by Gasteiger charge is 2.23. The molecule has 6 nitrogen and oxygen atoms in total. The molecule has 1 saturated heterocycles. The zero-order valence-electron chi connectivity index (χ0n) is 9.38. The fraction of sp³-hybridized carbons (Fsp3) is 0.364. The van der Waals surface area contributed by atoms with Gasteiger partial charge >= 0.3 is 0 Å². The first-order chi connectivity index (χ1) is 8.13. The molecule has 1 aliphatic heterocycles. The Bertz CT molecular complexity index is 491. The van der Waals surface area contributed by atoms with E-state index in [1.165, 1.54) is 6.07 Å². The Hall–Kier alpha value is -2.13. The number of nitro groups is 1. The van der Waals surface area contributed by atoms with Crippen LogP contribution in [-0.4, -0.2) is 31.1 Å². The quantitative estimate of drug-likeness (QED) is 0.617. The summed E-state index contributed by atoms with van der Waals surface area (Å²) < 4.78 is 0. The van der Waals surface area contributed by atoms with Crippen molar-refractivity contribution in [3.8, 4) is 6.07 Å². The van der Waals surface area contributed by atoms with Crippen LogP contribution in [0.15, 0.2) is 18.2 Å². The van der Waals surface area contributed by atoms with Crippen LogP contribution < -0.4 is 10.2 Å². The van der Waals surface area contributed by atoms with E-state index in [0.29, 0.717) is 6.04 Å². The number of nitrogens with zero attached hydrogens (tertiary/aromatic N) is 3. The van der Waals surface area contributed by atoms with Crippen molar-refractivity contribution in [2.75, 3.05) is 25.0 Å². The fourth-order valence-electron chi connectivity index (χ4n) is 1.75. The minimum absolute atomic E-state index is 0.103. The Morgan fingerprint density at radius 1 is 1.59 bits per heavy atom. The first-order valence-electron chi connectivity index (χ1n) is 5.25. The summed E-state index contributed by atoms with van der Waals surface area (Å²) in [4.78, 5) is 12.2. The fourth-order valence-corrected chi connectivity index (χ4v) is 1.75. The molecule has 0 amide bonds. The summed E-state index contributed by atoms with van der Waals surface area (Å²) in [6, 6.07) is 6.88. The average molecular weight is 232 g/mol. The predicted octanol–water partition coefficient (Wildman–Crippen LogP) is 0.874. The summed E-state index contributed by atoms with van der Waals surface area (Å²) in [7, 11) is 1.92. The van der Waals surface area contributed by atoms with Gasteiger partial charge in [0.1, 0.15) is 11.6 Å². The van der Waals surface area contributed by atoms with Gasteiger partial charge in [0.25, 0.3) is 5.69 Å². The monoisotopic (exact) mass is 232 g/mol. The van der Waals surface area contributed by atoms with Crippen LogP contribution in [0.3, 0.4) is 0 Å². The maximum Gasteiger partial charge on any atom is 0.287 e. The predicted molar refractivity (Wildman–Crippen MR) is 62.9 cm³/mol. The molecule has 6 heteroatoms. The normalized spacial score (nSPS) is 14.8. The van der Waals surface area contributed by atoms with Crippen molar-refractivity contribution in [1.29, 1.82) is 5.26 Å². The Kier molecular flexibility index (Phi) is 2.93. The average Bonchev–Trinajstić information content (AvgIpc) is 2.25. The number of hydrogen-bond acceptors (Lipinski definition) is 5. The second kappa shape index (κ2) is 4.39. The molecule has 0 bridgehead atoms. The molecule has 0 spiro atoms. The Morgan fingerprint density at radius 2 is 2.29 bits per heavy atom. The lowest BCUT2D eigenvalue weighted by Crippen LogP contribution is -2.56. The summed E-state index contributed by atoms with van der Waals surface area (Å²) >= 11 is 0. The zero-order valence-corrected chi connectivity index (χ0v) is 9.38. The maximum atomic E-state index is 10.7. The standard InChI is InChI=1S/C11H12N4O2/c1-14(10-6-13-7-10)9-2-3-11(15(16)17)8(4-9)5-12/h2-4,10,13H,6-7H2,1H3. The van der Waals surface area contributed by atoms with E-state index in [1.54, 1.807) is 12.1 Å². The lowest BCUT2D eigenvalue weighted by Gasteiger charge is -2.37. The first-order valence-corrected chi connectivity index (χ1v) is 5.25. The van der Waals surface area contributed by atoms with Crippen LogP contribution >= 0.6 is 0 Å². The van der Waals surface area contributed by atoms with E-state index in [4.69, 9.17) is 5.26 Å². The van der Waals surface area contributed by atoms with Gasteiger partial charge in [-0.05, 0) is 12.1 Å². The van der Waals surface area contributed by atoms with Crippen LogP contribution in [0.5, 0.6) is 0 Å². The van der Waals surface area contributed by atoms with Crippen LogP contribution in [0.2, 0.25) is 0 Å². The SMILES string of the molecule is CN(c1ccc([N+](=O)[O-])c(C#N)c1)C1CNC1. The van der Waals surface area contributed by atoms with Gasteiger partial charge in [-0.2, -0.15) is 5.26 Å². The first kappa shape index (κ1) is 11.4. The molecule has 0 aliphatic carbocycles. The molecular formula is C11H12N4O2. The number of hydrogen-bond donors (Lipinski definition) is 1. The minimum Gasteiger partial charge on any atom is -0.369 e. The molecule has 0 saturated carbocycles.